The van der Waals surface area contributed by atoms with Crippen molar-refractivity contribution in [2.45, 2.75) is 31.2 Å². The number of hydrogen-bond acceptors (Lipinski definition) is 5. The van der Waals surface area contributed by atoms with Crippen molar-refractivity contribution in [2.75, 3.05) is 51.1 Å². The SMILES string of the molecule is CC1(c2cc(NCC(=O)N3CCN(C4CNC4)CC3)c(O)cc2Cl)CC1.Cl. The van der Waals surface area contributed by atoms with Crippen LogP contribution in [0, 0.1) is 0 Å². The molecule has 6 nitrogen and oxygen atoms in total. The van der Waals surface area contributed by atoms with Gasteiger partial charge >= 0.3 is 0 Å². The molecule has 0 aromatic heterocycles. The van der Waals surface area contributed by atoms with Crippen molar-refractivity contribution in [1.29, 1.82) is 0 Å². The number of aromatic hydroxyl groups is 1. The maximum absolute atomic E-state index is 12.5. The smallest absolute Gasteiger partial charge is 0.241 e. The molecule has 2 heterocycles. The summed E-state index contributed by atoms with van der Waals surface area (Å²) in [6.07, 6.45) is 2.22. The van der Waals surface area contributed by atoms with Gasteiger partial charge in [-0.05, 0) is 29.9 Å². The van der Waals surface area contributed by atoms with Gasteiger partial charge in [0.25, 0.3) is 0 Å². The molecular formula is C19H28Cl2N4O2. The number of phenols is 1. The zero-order valence-electron chi connectivity index (χ0n) is 15.6. The second-order valence-electron chi connectivity index (χ2n) is 7.99. The third-order valence-electron chi connectivity index (χ3n) is 6.11. The van der Waals surface area contributed by atoms with Crippen LogP contribution in [0.15, 0.2) is 12.1 Å². The lowest BCUT2D eigenvalue weighted by Gasteiger charge is -2.43. The molecule has 1 aromatic rings. The monoisotopic (exact) mass is 414 g/mol. The van der Waals surface area contributed by atoms with E-state index < -0.39 is 0 Å². The third kappa shape index (κ3) is 4.29. The molecule has 8 heteroatoms. The van der Waals surface area contributed by atoms with E-state index in [-0.39, 0.29) is 36.0 Å². The molecule has 3 N–H and O–H groups in total. The normalized spacial score (nSPS) is 21.9. The average molecular weight is 415 g/mol. The summed E-state index contributed by atoms with van der Waals surface area (Å²) >= 11 is 6.29. The fraction of sp³-hybridized carbons (Fsp3) is 0.632. The molecule has 1 saturated carbocycles. The summed E-state index contributed by atoms with van der Waals surface area (Å²) < 4.78 is 0. The number of carbonyl (C=O) groups is 1. The predicted molar refractivity (Wildman–Crippen MR) is 110 cm³/mol. The number of halogens is 2. The quantitative estimate of drug-likeness (QED) is 0.643. The zero-order chi connectivity index (χ0) is 18.3. The lowest BCUT2D eigenvalue weighted by molar-refractivity contribution is -0.131. The van der Waals surface area contributed by atoms with Crippen LogP contribution in [-0.4, -0.2) is 72.7 Å². The molecule has 0 atom stereocenters. The summed E-state index contributed by atoms with van der Waals surface area (Å²) in [5.41, 5.74) is 1.75. The zero-order valence-corrected chi connectivity index (χ0v) is 17.2. The van der Waals surface area contributed by atoms with Crippen molar-refractivity contribution in [1.82, 2.24) is 15.1 Å². The van der Waals surface area contributed by atoms with Crippen LogP contribution in [0.5, 0.6) is 5.75 Å². The molecule has 0 spiro atoms. The van der Waals surface area contributed by atoms with Crippen LogP contribution in [0.1, 0.15) is 25.3 Å². The lowest BCUT2D eigenvalue weighted by atomic mass is 9.97. The largest absolute Gasteiger partial charge is 0.506 e. The van der Waals surface area contributed by atoms with Crippen molar-refractivity contribution in [2.24, 2.45) is 0 Å². The molecule has 3 aliphatic rings. The van der Waals surface area contributed by atoms with Gasteiger partial charge < -0.3 is 20.6 Å². The summed E-state index contributed by atoms with van der Waals surface area (Å²) in [4.78, 5) is 16.9. The second kappa shape index (κ2) is 8.03. The molecule has 2 aliphatic heterocycles. The van der Waals surface area contributed by atoms with Gasteiger partial charge in [0, 0.05) is 56.4 Å². The van der Waals surface area contributed by atoms with E-state index in [4.69, 9.17) is 11.6 Å². The van der Waals surface area contributed by atoms with E-state index in [0.717, 1.165) is 57.7 Å². The van der Waals surface area contributed by atoms with E-state index in [1.807, 2.05) is 11.0 Å². The van der Waals surface area contributed by atoms with Gasteiger partial charge in [-0.15, -0.1) is 12.4 Å². The van der Waals surface area contributed by atoms with Crippen molar-refractivity contribution in [3.8, 4) is 5.75 Å². The summed E-state index contributed by atoms with van der Waals surface area (Å²) in [5.74, 6) is 0.169. The number of nitrogens with one attached hydrogen (secondary N) is 2. The second-order valence-corrected chi connectivity index (χ2v) is 8.40. The number of rotatable bonds is 5. The number of nitrogens with zero attached hydrogens (tertiary/aromatic N) is 2. The Morgan fingerprint density at radius 2 is 1.96 bits per heavy atom. The predicted octanol–water partition coefficient (Wildman–Crippen LogP) is 2.05. The first-order valence-corrected chi connectivity index (χ1v) is 9.83. The van der Waals surface area contributed by atoms with Crippen LogP contribution in [0.3, 0.4) is 0 Å². The molecule has 0 radical (unpaired) electrons. The number of anilines is 1. The fourth-order valence-corrected chi connectivity index (χ4v) is 4.16. The van der Waals surface area contributed by atoms with Gasteiger partial charge in [0.1, 0.15) is 5.75 Å². The van der Waals surface area contributed by atoms with E-state index in [2.05, 4.69) is 22.5 Å². The maximum atomic E-state index is 12.5. The van der Waals surface area contributed by atoms with E-state index in [1.54, 1.807) is 6.07 Å². The van der Waals surface area contributed by atoms with Crippen LogP contribution >= 0.6 is 24.0 Å². The highest BCUT2D eigenvalue weighted by molar-refractivity contribution is 6.31. The van der Waals surface area contributed by atoms with Crippen molar-refractivity contribution in [3.05, 3.63) is 22.7 Å². The number of benzene rings is 1. The number of piperazine rings is 1. The highest BCUT2D eigenvalue weighted by Crippen LogP contribution is 2.51. The van der Waals surface area contributed by atoms with Gasteiger partial charge in [0.15, 0.2) is 0 Å². The first-order chi connectivity index (χ1) is 12.5. The molecule has 4 rings (SSSR count). The fourth-order valence-electron chi connectivity index (χ4n) is 3.77. The Kier molecular flexibility index (Phi) is 6.11. The van der Waals surface area contributed by atoms with Gasteiger partial charge in [-0.1, -0.05) is 18.5 Å². The number of carbonyl (C=O) groups excluding carboxylic acids is 1. The van der Waals surface area contributed by atoms with Gasteiger partial charge in [-0.3, -0.25) is 9.69 Å². The van der Waals surface area contributed by atoms with Gasteiger partial charge in [-0.2, -0.15) is 0 Å². The van der Waals surface area contributed by atoms with Crippen molar-refractivity contribution >= 4 is 35.6 Å². The van der Waals surface area contributed by atoms with Gasteiger partial charge in [0.05, 0.1) is 12.2 Å². The molecule has 150 valence electrons. The van der Waals surface area contributed by atoms with Gasteiger partial charge in [0.2, 0.25) is 5.91 Å². The molecule has 2 saturated heterocycles. The highest BCUT2D eigenvalue weighted by Gasteiger charge is 2.41. The highest BCUT2D eigenvalue weighted by atomic mass is 35.5. The Hall–Kier alpha value is -1.21. The lowest BCUT2D eigenvalue weighted by Crippen LogP contribution is -2.62. The summed E-state index contributed by atoms with van der Waals surface area (Å²) in [7, 11) is 0. The molecule has 1 aromatic carbocycles. The minimum Gasteiger partial charge on any atom is -0.506 e. The average Bonchev–Trinajstić information content (AvgIpc) is 3.31. The Bertz CT molecular complexity index is 699. The number of phenolic OH excluding ortho intramolecular Hbond substituents is 1. The third-order valence-corrected chi connectivity index (χ3v) is 6.42. The van der Waals surface area contributed by atoms with Crippen molar-refractivity contribution < 1.29 is 9.90 Å². The first-order valence-electron chi connectivity index (χ1n) is 9.46. The Balaban J connectivity index is 0.00000210. The Morgan fingerprint density at radius 1 is 1.30 bits per heavy atom. The Labute approximate surface area is 171 Å². The van der Waals surface area contributed by atoms with Crippen molar-refractivity contribution in [3.63, 3.8) is 0 Å². The van der Waals surface area contributed by atoms with Crippen LogP contribution < -0.4 is 10.6 Å². The minimum atomic E-state index is 0. The minimum absolute atomic E-state index is 0. The molecule has 3 fully saturated rings. The van der Waals surface area contributed by atoms with E-state index in [1.165, 1.54) is 0 Å². The Morgan fingerprint density at radius 3 is 2.52 bits per heavy atom. The van der Waals surface area contributed by atoms with Crippen LogP contribution in [-0.2, 0) is 10.2 Å². The standard InChI is InChI=1S/C19H27ClN4O2.ClH/c1-19(2-3-19)14-8-16(17(25)9-15(14)20)22-12-18(26)24-6-4-23(5-7-24)13-10-21-11-13;/h8-9,13,21-22,25H,2-7,10-12H2,1H3;1H. The summed E-state index contributed by atoms with van der Waals surface area (Å²) in [6.45, 7) is 7.91. The topological polar surface area (TPSA) is 67.8 Å². The van der Waals surface area contributed by atoms with E-state index >= 15 is 0 Å². The number of hydrogen-bond donors (Lipinski definition) is 3. The molecule has 1 amide bonds. The first kappa shape index (κ1) is 20.5. The van der Waals surface area contributed by atoms with E-state index in [9.17, 15) is 9.90 Å². The van der Waals surface area contributed by atoms with Gasteiger partial charge in [-0.25, -0.2) is 0 Å². The summed E-state index contributed by atoms with van der Waals surface area (Å²) in [6, 6.07) is 4.12. The van der Waals surface area contributed by atoms with E-state index in [0.29, 0.717) is 16.8 Å². The van der Waals surface area contributed by atoms with Crippen LogP contribution in [0.2, 0.25) is 5.02 Å². The van der Waals surface area contributed by atoms with Crippen LogP contribution in [0.4, 0.5) is 5.69 Å². The molecule has 27 heavy (non-hydrogen) atoms. The molecule has 1 aliphatic carbocycles. The number of amides is 1. The molecular weight excluding hydrogens is 387 g/mol. The summed E-state index contributed by atoms with van der Waals surface area (Å²) in [5, 5.41) is 17.2. The molecule has 0 bridgehead atoms. The van der Waals surface area contributed by atoms with Crippen LogP contribution in [0.25, 0.3) is 0 Å². The molecule has 0 unspecified atom stereocenters. The maximum Gasteiger partial charge on any atom is 0.241 e.